The lowest BCUT2D eigenvalue weighted by molar-refractivity contribution is -0.363. The topological polar surface area (TPSA) is 71.1 Å². The second-order valence-corrected chi connectivity index (χ2v) is 18.1. The molecule has 0 N–H and O–H groups in total. The molecule has 0 unspecified atom stereocenters. The molecule has 0 aromatic heterocycles. The number of hydrogen-bond donors (Lipinski definition) is 0. The summed E-state index contributed by atoms with van der Waals surface area (Å²) < 4.78 is 0. The third kappa shape index (κ3) is 9.93. The van der Waals surface area contributed by atoms with Gasteiger partial charge in [-0.1, -0.05) is 110 Å². The summed E-state index contributed by atoms with van der Waals surface area (Å²) in [5, 5.41) is 2.13. The maximum atomic E-state index is 12.6. The zero-order valence-electron chi connectivity index (χ0n) is 24.4. The van der Waals surface area contributed by atoms with Crippen LogP contribution in [0.1, 0.15) is 65.7 Å². The molecule has 0 aliphatic carbocycles. The molecular formula is C33H42O6Si2. The molecule has 2 aromatic rings. The highest BCUT2D eigenvalue weighted by molar-refractivity contribution is 6.99. The summed E-state index contributed by atoms with van der Waals surface area (Å²) in [6.07, 6.45) is 5.85. The van der Waals surface area contributed by atoms with Gasteiger partial charge in [-0.3, -0.25) is 9.78 Å². The Morgan fingerprint density at radius 3 is 1.34 bits per heavy atom. The van der Waals surface area contributed by atoms with E-state index in [1.54, 1.807) is 24.3 Å². The molecule has 0 spiro atoms. The van der Waals surface area contributed by atoms with Gasteiger partial charge < -0.3 is 0 Å². The first-order valence-electron chi connectivity index (χ1n) is 13.8. The average molecular weight is 591 g/mol. The molecule has 0 atom stereocenters. The fraction of sp³-hybridized carbons (Fsp3) is 0.273. The summed E-state index contributed by atoms with van der Waals surface area (Å²) in [5.74, 6) is -1.40. The molecule has 2 aromatic carbocycles. The van der Waals surface area contributed by atoms with Gasteiger partial charge in [0, 0.05) is 6.42 Å². The Labute approximate surface area is 247 Å². The second-order valence-electron chi connectivity index (χ2n) is 10.2. The number of rotatable bonds is 19. The zero-order chi connectivity index (χ0) is 30.3. The van der Waals surface area contributed by atoms with Crippen molar-refractivity contribution in [3.63, 3.8) is 0 Å². The zero-order valence-corrected chi connectivity index (χ0v) is 26.4. The third-order valence-corrected chi connectivity index (χ3v) is 13.8. The van der Waals surface area contributed by atoms with Crippen molar-refractivity contribution in [2.75, 3.05) is 0 Å². The standard InChI is InChI=1S/C33H42O6Si2/c1-8-13-14-15-16-17-18-31(36-38-32(34)27-19-23-29(24-20-27)40(6,9-2)10-3)37-39-33(35)28-21-25-30(26-22-28)41(7,11-4)12-5/h9-12,19-26H,1-5,8,13-18H2,6-7H3. The largest absolute Gasteiger partial charge is 0.373 e. The van der Waals surface area contributed by atoms with Crippen LogP contribution in [-0.2, 0) is 19.6 Å². The maximum absolute atomic E-state index is 12.6. The molecule has 0 heterocycles. The molecule has 0 saturated carbocycles. The average Bonchev–Trinajstić information content (AvgIpc) is 3.02. The number of unbranched alkanes of at least 4 members (excludes halogenated alkanes) is 5. The van der Waals surface area contributed by atoms with E-state index in [0.717, 1.165) is 42.5 Å². The smallest absolute Gasteiger partial charge is 0.289 e. The first kappa shape index (κ1) is 33.9. The highest BCUT2D eigenvalue weighted by Crippen LogP contribution is 2.20. The van der Waals surface area contributed by atoms with Gasteiger partial charge in [0.25, 0.3) is 0 Å². The predicted molar refractivity (Wildman–Crippen MR) is 170 cm³/mol. The number of carbonyl (C=O) groups excluding carboxylic acids is 2. The van der Waals surface area contributed by atoms with Crippen LogP contribution in [-0.4, -0.2) is 28.1 Å². The van der Waals surface area contributed by atoms with Crippen LogP contribution in [0.5, 0.6) is 0 Å². The second kappa shape index (κ2) is 16.8. The molecule has 8 heteroatoms. The van der Waals surface area contributed by atoms with E-state index in [9.17, 15) is 9.59 Å². The molecule has 218 valence electrons. The number of hydrogen-bond acceptors (Lipinski definition) is 6. The Morgan fingerprint density at radius 2 is 0.976 bits per heavy atom. The lowest BCUT2D eigenvalue weighted by Gasteiger charge is -2.19. The Hall–Kier alpha value is -3.31. The van der Waals surface area contributed by atoms with E-state index < -0.39 is 28.1 Å². The van der Waals surface area contributed by atoms with Crippen LogP contribution >= 0.6 is 0 Å². The maximum Gasteiger partial charge on any atom is 0.373 e. The van der Waals surface area contributed by atoms with Gasteiger partial charge in [0.2, 0.25) is 0 Å². The van der Waals surface area contributed by atoms with Gasteiger partial charge in [-0.05, 0) is 30.7 Å². The summed E-state index contributed by atoms with van der Waals surface area (Å²) in [4.78, 5) is 45.8. The summed E-state index contributed by atoms with van der Waals surface area (Å²) in [5.41, 5.74) is 8.29. The molecule has 0 aliphatic heterocycles. The first-order valence-corrected chi connectivity index (χ1v) is 19.2. The van der Waals surface area contributed by atoms with E-state index in [4.69, 9.17) is 19.6 Å². The van der Waals surface area contributed by atoms with Crippen LogP contribution in [0.25, 0.3) is 0 Å². The minimum atomic E-state index is -2.00. The van der Waals surface area contributed by atoms with Crippen LogP contribution in [0, 0.1) is 13.2 Å². The Kier molecular flexibility index (Phi) is 13.9. The quantitative estimate of drug-likeness (QED) is 0.0753. The van der Waals surface area contributed by atoms with Crippen LogP contribution in [0.2, 0.25) is 13.1 Å². The predicted octanol–water partition coefficient (Wildman–Crippen LogP) is 7.09. The Bertz CT molecular complexity index is 1070. The monoisotopic (exact) mass is 590 g/mol. The van der Waals surface area contributed by atoms with Crippen molar-refractivity contribution in [3.05, 3.63) is 122 Å². The minimum absolute atomic E-state index is 0.117. The fourth-order valence-electron chi connectivity index (χ4n) is 3.91. The van der Waals surface area contributed by atoms with Gasteiger partial charge in [0.1, 0.15) is 16.1 Å². The summed E-state index contributed by atoms with van der Waals surface area (Å²) in [7, 11) is -4.00. The van der Waals surface area contributed by atoms with Crippen molar-refractivity contribution >= 4 is 38.5 Å². The molecular weight excluding hydrogens is 549 g/mol. The molecule has 41 heavy (non-hydrogen) atoms. The molecule has 0 fully saturated rings. The van der Waals surface area contributed by atoms with E-state index in [0.29, 0.717) is 17.5 Å². The van der Waals surface area contributed by atoms with Gasteiger partial charge in [-0.2, -0.15) is 0 Å². The van der Waals surface area contributed by atoms with E-state index in [1.165, 1.54) is 0 Å². The van der Waals surface area contributed by atoms with E-state index in [-0.39, 0.29) is 12.7 Å². The minimum Gasteiger partial charge on any atom is -0.289 e. The molecule has 0 bridgehead atoms. The Morgan fingerprint density at radius 1 is 0.610 bits per heavy atom. The molecule has 0 aliphatic rings. The van der Waals surface area contributed by atoms with Crippen molar-refractivity contribution in [1.82, 2.24) is 0 Å². The van der Waals surface area contributed by atoms with Crippen LogP contribution in [0.15, 0.2) is 97.6 Å². The lowest BCUT2D eigenvalue weighted by atomic mass is 10.1. The highest BCUT2D eigenvalue weighted by atomic mass is 28.3. The van der Waals surface area contributed by atoms with E-state index in [1.807, 2.05) is 47.1 Å². The molecule has 6 nitrogen and oxygen atoms in total. The summed E-state index contributed by atoms with van der Waals surface area (Å²) in [6, 6.07) is 14.1. The first-order chi connectivity index (χ1) is 19.7. The van der Waals surface area contributed by atoms with Crippen molar-refractivity contribution in [3.8, 4) is 0 Å². The van der Waals surface area contributed by atoms with Crippen LogP contribution in [0.4, 0.5) is 0 Å². The van der Waals surface area contributed by atoms with E-state index >= 15 is 0 Å². The molecule has 2 rings (SSSR count). The number of benzene rings is 2. The SMILES string of the molecule is [CH2]CCCCCCC[C](OOC(=O)c1ccc([Si](C)(C=C)C=C)cc1)OOC(=O)c1ccc([Si](C)(C=C)C=C)cc1. The fourth-order valence-corrected chi connectivity index (χ4v) is 6.95. The molecule has 0 saturated heterocycles. The Balaban J connectivity index is 2.02. The van der Waals surface area contributed by atoms with Gasteiger partial charge in [-0.25, -0.2) is 9.59 Å². The van der Waals surface area contributed by atoms with Crippen molar-refractivity contribution in [2.45, 2.75) is 58.0 Å². The number of carbonyl (C=O) groups is 2. The van der Waals surface area contributed by atoms with Gasteiger partial charge in [0.15, 0.2) is 0 Å². The summed E-state index contributed by atoms with van der Waals surface area (Å²) in [6.45, 7) is 23.8. The van der Waals surface area contributed by atoms with Gasteiger partial charge in [-0.15, -0.1) is 36.1 Å². The lowest BCUT2D eigenvalue weighted by Crippen LogP contribution is -2.40. The molecule has 0 amide bonds. The van der Waals surface area contributed by atoms with E-state index in [2.05, 4.69) is 46.3 Å². The van der Waals surface area contributed by atoms with Gasteiger partial charge >= 0.3 is 18.2 Å². The normalized spacial score (nSPS) is 11.5. The molecule has 2 radical (unpaired) electrons. The third-order valence-electron chi connectivity index (χ3n) is 7.23. The van der Waals surface area contributed by atoms with Gasteiger partial charge in [0.05, 0.1) is 11.1 Å². The van der Waals surface area contributed by atoms with Crippen molar-refractivity contribution in [2.24, 2.45) is 0 Å². The van der Waals surface area contributed by atoms with Crippen molar-refractivity contribution in [1.29, 1.82) is 0 Å². The van der Waals surface area contributed by atoms with Crippen LogP contribution in [0.3, 0.4) is 0 Å². The van der Waals surface area contributed by atoms with Crippen LogP contribution < -0.4 is 10.4 Å². The highest BCUT2D eigenvalue weighted by Gasteiger charge is 2.25. The van der Waals surface area contributed by atoms with Crippen molar-refractivity contribution < 1.29 is 29.1 Å². The summed E-state index contributed by atoms with van der Waals surface area (Å²) >= 11 is 0.